The van der Waals surface area contributed by atoms with Gasteiger partial charge in [-0.15, -0.1) is 0 Å². The first-order valence-electron chi connectivity index (χ1n) is 8.22. The number of nitrogens with zero attached hydrogens (tertiary/aromatic N) is 4. The number of para-hydroxylation sites is 1. The van der Waals surface area contributed by atoms with Gasteiger partial charge in [0.2, 0.25) is 0 Å². The lowest BCUT2D eigenvalue weighted by molar-refractivity contribution is 0.0952. The molecule has 0 saturated heterocycles. The minimum atomic E-state index is -0.117. The number of imidazole rings is 1. The predicted octanol–water partition coefficient (Wildman–Crippen LogP) is 2.33. The molecule has 126 valence electrons. The molecule has 0 aliphatic rings. The van der Waals surface area contributed by atoms with Crippen molar-refractivity contribution in [2.75, 3.05) is 27.2 Å². The Balaban J connectivity index is 1.84. The van der Waals surface area contributed by atoms with E-state index in [9.17, 15) is 4.79 Å². The molecule has 4 rings (SSSR count). The summed E-state index contributed by atoms with van der Waals surface area (Å²) in [5.41, 5.74) is 2.91. The number of fused-ring (bicyclic) bond motifs is 4. The Labute approximate surface area is 145 Å². The number of carbonyl (C=O) groups is 1. The molecule has 3 aromatic heterocycles. The van der Waals surface area contributed by atoms with Crippen LogP contribution in [-0.2, 0) is 0 Å². The zero-order valence-corrected chi connectivity index (χ0v) is 14.2. The Kier molecular flexibility index (Phi) is 3.82. The SMILES string of the molecule is CN(C)CCNC(=O)c1cc2cc3ccccc3nc2n2ccnc12. The highest BCUT2D eigenvalue weighted by molar-refractivity contribution is 6.04. The van der Waals surface area contributed by atoms with Crippen molar-refractivity contribution in [1.29, 1.82) is 0 Å². The Morgan fingerprint density at radius 3 is 2.84 bits per heavy atom. The van der Waals surface area contributed by atoms with E-state index >= 15 is 0 Å². The number of nitrogens with one attached hydrogen (secondary N) is 1. The van der Waals surface area contributed by atoms with Gasteiger partial charge in [0.25, 0.3) is 5.91 Å². The van der Waals surface area contributed by atoms with E-state index in [4.69, 9.17) is 4.98 Å². The van der Waals surface area contributed by atoms with E-state index in [0.717, 1.165) is 28.5 Å². The minimum absolute atomic E-state index is 0.117. The number of rotatable bonds is 4. The van der Waals surface area contributed by atoms with Gasteiger partial charge in [-0.05, 0) is 32.3 Å². The van der Waals surface area contributed by atoms with Gasteiger partial charge >= 0.3 is 0 Å². The van der Waals surface area contributed by atoms with Crippen LogP contribution >= 0.6 is 0 Å². The normalized spacial score (nSPS) is 11.6. The van der Waals surface area contributed by atoms with Crippen molar-refractivity contribution < 1.29 is 4.79 Å². The fourth-order valence-corrected chi connectivity index (χ4v) is 2.97. The summed E-state index contributed by atoms with van der Waals surface area (Å²) in [6.07, 6.45) is 3.54. The largest absolute Gasteiger partial charge is 0.351 e. The zero-order chi connectivity index (χ0) is 17.4. The first-order chi connectivity index (χ1) is 12.1. The van der Waals surface area contributed by atoms with Crippen LogP contribution < -0.4 is 5.32 Å². The van der Waals surface area contributed by atoms with Crippen LogP contribution in [0.5, 0.6) is 0 Å². The van der Waals surface area contributed by atoms with E-state index in [2.05, 4.69) is 16.4 Å². The number of carbonyl (C=O) groups excluding carboxylic acids is 1. The van der Waals surface area contributed by atoms with E-state index in [0.29, 0.717) is 17.8 Å². The van der Waals surface area contributed by atoms with Gasteiger partial charge in [-0.25, -0.2) is 9.97 Å². The van der Waals surface area contributed by atoms with Gasteiger partial charge in [0.05, 0.1) is 11.1 Å². The summed E-state index contributed by atoms with van der Waals surface area (Å²) in [7, 11) is 3.96. The molecule has 0 radical (unpaired) electrons. The topological polar surface area (TPSA) is 62.5 Å². The molecule has 0 unspecified atom stereocenters. The molecule has 0 saturated carbocycles. The van der Waals surface area contributed by atoms with Crippen LogP contribution in [0.2, 0.25) is 0 Å². The molecular weight excluding hydrogens is 314 g/mol. The molecule has 0 fully saturated rings. The molecule has 0 aliphatic carbocycles. The molecule has 0 bridgehead atoms. The number of hydrogen-bond acceptors (Lipinski definition) is 4. The van der Waals surface area contributed by atoms with Crippen LogP contribution in [0.25, 0.3) is 27.6 Å². The number of hydrogen-bond donors (Lipinski definition) is 1. The fraction of sp³-hybridized carbons (Fsp3) is 0.211. The monoisotopic (exact) mass is 333 g/mol. The Morgan fingerprint density at radius 1 is 1.16 bits per heavy atom. The average Bonchev–Trinajstić information content (AvgIpc) is 3.09. The van der Waals surface area contributed by atoms with E-state index in [1.165, 1.54) is 0 Å². The van der Waals surface area contributed by atoms with E-state index in [-0.39, 0.29) is 5.91 Å². The second-order valence-electron chi connectivity index (χ2n) is 6.33. The quantitative estimate of drug-likeness (QED) is 0.582. The maximum absolute atomic E-state index is 12.6. The molecular formula is C19H19N5O. The standard InChI is InChI=1S/C19H19N5O/c1-23(2)9-7-21-19(25)15-12-14-11-13-5-3-4-6-16(13)22-17(14)24-10-8-20-18(15)24/h3-6,8,10-12H,7,9H2,1-2H3,(H,21,25). The van der Waals surface area contributed by atoms with Crippen molar-refractivity contribution in [2.45, 2.75) is 0 Å². The number of amides is 1. The van der Waals surface area contributed by atoms with Crippen molar-refractivity contribution in [3.8, 4) is 0 Å². The summed E-state index contributed by atoms with van der Waals surface area (Å²) in [4.78, 5) is 23.8. The number of benzene rings is 1. The summed E-state index contributed by atoms with van der Waals surface area (Å²) in [5, 5.41) is 4.93. The molecule has 1 aromatic carbocycles. The Bertz CT molecular complexity index is 1080. The molecule has 0 aliphatic heterocycles. The van der Waals surface area contributed by atoms with Gasteiger partial charge in [0, 0.05) is 36.3 Å². The number of pyridine rings is 2. The van der Waals surface area contributed by atoms with E-state index in [1.54, 1.807) is 6.20 Å². The molecule has 4 aromatic rings. The second-order valence-corrected chi connectivity index (χ2v) is 6.33. The summed E-state index contributed by atoms with van der Waals surface area (Å²) in [6, 6.07) is 11.9. The van der Waals surface area contributed by atoms with Gasteiger partial charge in [-0.1, -0.05) is 18.2 Å². The number of aromatic nitrogens is 3. The van der Waals surface area contributed by atoms with Crippen LogP contribution in [0.1, 0.15) is 10.4 Å². The predicted molar refractivity (Wildman–Crippen MR) is 98.9 cm³/mol. The fourth-order valence-electron chi connectivity index (χ4n) is 2.97. The summed E-state index contributed by atoms with van der Waals surface area (Å²) in [5.74, 6) is -0.117. The molecule has 25 heavy (non-hydrogen) atoms. The van der Waals surface area contributed by atoms with Crippen molar-refractivity contribution in [3.05, 3.63) is 54.4 Å². The maximum Gasteiger partial charge on any atom is 0.255 e. The summed E-state index contributed by atoms with van der Waals surface area (Å²) >= 11 is 0. The molecule has 6 heteroatoms. The highest BCUT2D eigenvalue weighted by atomic mass is 16.1. The lowest BCUT2D eigenvalue weighted by Crippen LogP contribution is -2.31. The van der Waals surface area contributed by atoms with Crippen LogP contribution in [-0.4, -0.2) is 52.4 Å². The van der Waals surface area contributed by atoms with Gasteiger partial charge in [0.15, 0.2) is 5.65 Å². The van der Waals surface area contributed by atoms with Gasteiger partial charge < -0.3 is 10.2 Å². The molecule has 3 heterocycles. The van der Waals surface area contributed by atoms with Crippen LogP contribution in [0.4, 0.5) is 0 Å². The molecule has 6 nitrogen and oxygen atoms in total. The van der Waals surface area contributed by atoms with Crippen molar-refractivity contribution in [1.82, 2.24) is 24.6 Å². The second kappa shape index (κ2) is 6.14. The lowest BCUT2D eigenvalue weighted by Gasteiger charge is -2.12. The van der Waals surface area contributed by atoms with Crippen LogP contribution in [0.3, 0.4) is 0 Å². The average molecular weight is 333 g/mol. The Morgan fingerprint density at radius 2 is 2.00 bits per heavy atom. The van der Waals surface area contributed by atoms with Gasteiger partial charge in [0.1, 0.15) is 5.65 Å². The third-order valence-electron chi connectivity index (χ3n) is 4.23. The van der Waals surface area contributed by atoms with Crippen molar-refractivity contribution in [2.24, 2.45) is 0 Å². The molecule has 1 amide bonds. The first-order valence-corrected chi connectivity index (χ1v) is 8.22. The first kappa shape index (κ1) is 15.5. The van der Waals surface area contributed by atoms with E-state index < -0.39 is 0 Å². The third kappa shape index (κ3) is 2.81. The smallest absolute Gasteiger partial charge is 0.255 e. The summed E-state index contributed by atoms with van der Waals surface area (Å²) in [6.45, 7) is 1.38. The van der Waals surface area contributed by atoms with E-state index in [1.807, 2.05) is 59.9 Å². The van der Waals surface area contributed by atoms with Crippen LogP contribution in [0, 0.1) is 0 Å². The number of likely N-dealkylation sites (N-methyl/N-ethyl adjacent to an activating group) is 1. The molecule has 1 N–H and O–H groups in total. The van der Waals surface area contributed by atoms with Gasteiger partial charge in [-0.3, -0.25) is 9.20 Å². The minimum Gasteiger partial charge on any atom is -0.351 e. The molecule has 0 atom stereocenters. The lowest BCUT2D eigenvalue weighted by atomic mass is 10.1. The zero-order valence-electron chi connectivity index (χ0n) is 14.2. The maximum atomic E-state index is 12.6. The van der Waals surface area contributed by atoms with Crippen molar-refractivity contribution in [3.63, 3.8) is 0 Å². The summed E-state index contributed by atoms with van der Waals surface area (Å²) < 4.78 is 1.88. The highest BCUT2D eigenvalue weighted by Gasteiger charge is 2.15. The Hall–Kier alpha value is -2.99. The highest BCUT2D eigenvalue weighted by Crippen LogP contribution is 2.23. The van der Waals surface area contributed by atoms with Gasteiger partial charge in [-0.2, -0.15) is 0 Å². The molecule has 0 spiro atoms. The van der Waals surface area contributed by atoms with Crippen molar-refractivity contribution >= 4 is 33.5 Å². The third-order valence-corrected chi connectivity index (χ3v) is 4.23. The van der Waals surface area contributed by atoms with Crippen LogP contribution in [0.15, 0.2) is 48.8 Å².